The molecule has 0 unspecified atom stereocenters. The Hall–Kier alpha value is -2.70. The van der Waals surface area contributed by atoms with Crippen LogP contribution in [0.25, 0.3) is 0 Å². The zero-order valence-electron chi connectivity index (χ0n) is 32.4. The standard InChI is InChI=1S/C41H67O12P/c1-3-5-7-8-9-10-11-12-13-14-15-16-17-18-20-26-41(47)53-35(32-52-54(48,49)50)31-51-40(46)25-22-21-24-34(43)29-37-36(38(44)30-39(37)45)28-27-33(42)23-19-6-4-2/h5,7,9-10,12-13,15-16,27-28,33,35-39,42,44-45H,3-4,6,8,11,14,17-26,29-32H2,1-2H3,(H2,48,49,50)/b7-5-,10-9-,13-12-,16-15-,28-27+/t33-,35+,36+,37+,38+,39-/m0/s1. The van der Waals surface area contributed by atoms with Gasteiger partial charge in [-0.2, -0.15) is 0 Å². The fourth-order valence-corrected chi connectivity index (χ4v) is 6.37. The highest BCUT2D eigenvalue weighted by Gasteiger charge is 2.41. The highest BCUT2D eigenvalue weighted by Crippen LogP contribution is 2.37. The van der Waals surface area contributed by atoms with E-state index < -0.39 is 69.2 Å². The molecule has 0 amide bonds. The summed E-state index contributed by atoms with van der Waals surface area (Å²) >= 11 is 0. The number of ketones is 1. The summed E-state index contributed by atoms with van der Waals surface area (Å²) in [6, 6.07) is 0. The Balaban J connectivity index is 2.38. The Morgan fingerprint density at radius 1 is 0.759 bits per heavy atom. The molecule has 6 atom stereocenters. The molecule has 1 fully saturated rings. The number of phosphoric ester groups is 1. The highest BCUT2D eigenvalue weighted by atomic mass is 31.2. The first kappa shape index (κ1) is 49.3. The molecule has 0 aliphatic heterocycles. The first-order chi connectivity index (χ1) is 25.9. The second kappa shape index (κ2) is 30.5. The minimum atomic E-state index is -4.86. The Labute approximate surface area is 322 Å². The molecule has 0 aromatic carbocycles. The predicted molar refractivity (Wildman–Crippen MR) is 209 cm³/mol. The monoisotopic (exact) mass is 782 g/mol. The molecule has 1 saturated carbocycles. The molecule has 0 aromatic heterocycles. The van der Waals surface area contributed by atoms with Crippen LogP contribution in [0.5, 0.6) is 0 Å². The molecule has 54 heavy (non-hydrogen) atoms. The van der Waals surface area contributed by atoms with Crippen LogP contribution in [0.3, 0.4) is 0 Å². The van der Waals surface area contributed by atoms with Crippen LogP contribution in [0, 0.1) is 11.8 Å². The average molecular weight is 783 g/mol. The number of rotatable bonds is 31. The minimum Gasteiger partial charge on any atom is -0.462 e. The third-order valence-corrected chi connectivity index (χ3v) is 9.49. The number of carbonyl (C=O) groups excluding carboxylic acids is 3. The van der Waals surface area contributed by atoms with Crippen LogP contribution < -0.4 is 0 Å². The summed E-state index contributed by atoms with van der Waals surface area (Å²) in [6.45, 7) is 3.08. The number of aliphatic hydroxyl groups excluding tert-OH is 3. The molecule has 0 spiro atoms. The molecule has 1 aliphatic carbocycles. The van der Waals surface area contributed by atoms with Crippen molar-refractivity contribution in [1.29, 1.82) is 0 Å². The molecule has 5 N–H and O–H groups in total. The maximum atomic E-state index is 12.7. The molecule has 12 nitrogen and oxygen atoms in total. The lowest BCUT2D eigenvalue weighted by molar-refractivity contribution is -0.161. The number of hydrogen-bond acceptors (Lipinski definition) is 10. The van der Waals surface area contributed by atoms with Crippen molar-refractivity contribution in [3.8, 4) is 0 Å². The van der Waals surface area contributed by atoms with Crippen LogP contribution in [-0.2, 0) is 32.9 Å². The zero-order valence-corrected chi connectivity index (χ0v) is 33.3. The second-order valence-corrected chi connectivity index (χ2v) is 15.1. The van der Waals surface area contributed by atoms with Crippen LogP contribution in [0.4, 0.5) is 0 Å². The van der Waals surface area contributed by atoms with Crippen molar-refractivity contribution in [3.63, 3.8) is 0 Å². The van der Waals surface area contributed by atoms with Gasteiger partial charge in [0.05, 0.1) is 24.9 Å². The fourth-order valence-electron chi connectivity index (χ4n) is 6.01. The van der Waals surface area contributed by atoms with Gasteiger partial charge in [0.15, 0.2) is 6.10 Å². The SMILES string of the molecule is CC/C=C\C/C=C\C/C=C\C/C=C\CCCCC(=O)O[C@H](COC(=O)CCCCC(=O)C[C@@H]1[C@@H](/C=C/[C@@H](O)CCCCC)[C@H](O)C[C@@H]1O)COP(=O)(O)O. The minimum absolute atomic E-state index is 0.0311. The van der Waals surface area contributed by atoms with Gasteiger partial charge in [0.2, 0.25) is 0 Å². The van der Waals surface area contributed by atoms with Gasteiger partial charge in [-0.1, -0.05) is 93.9 Å². The van der Waals surface area contributed by atoms with E-state index in [0.29, 0.717) is 25.7 Å². The molecule has 1 rings (SSSR count). The molecule has 308 valence electrons. The van der Waals surface area contributed by atoms with Crippen molar-refractivity contribution < 1.29 is 58.1 Å². The summed E-state index contributed by atoms with van der Waals surface area (Å²) in [5.41, 5.74) is 0. The second-order valence-electron chi connectivity index (χ2n) is 13.8. The first-order valence-corrected chi connectivity index (χ1v) is 21.3. The normalized spacial score (nSPS) is 20.6. The molecule has 0 heterocycles. The summed E-state index contributed by atoms with van der Waals surface area (Å²) in [5.74, 6) is -2.24. The summed E-state index contributed by atoms with van der Waals surface area (Å²) in [5, 5.41) is 31.1. The summed E-state index contributed by atoms with van der Waals surface area (Å²) < 4.78 is 26.2. The topological polar surface area (TPSA) is 197 Å². The number of aliphatic hydroxyl groups is 3. The van der Waals surface area contributed by atoms with Gasteiger partial charge >= 0.3 is 19.8 Å². The third-order valence-electron chi connectivity index (χ3n) is 9.00. The van der Waals surface area contributed by atoms with Crippen LogP contribution in [0.2, 0.25) is 0 Å². The van der Waals surface area contributed by atoms with Gasteiger partial charge < -0.3 is 34.6 Å². The number of phosphoric acid groups is 1. The molecule has 1 aliphatic rings. The van der Waals surface area contributed by atoms with E-state index in [4.69, 9.17) is 19.3 Å². The van der Waals surface area contributed by atoms with E-state index in [1.165, 1.54) is 0 Å². The van der Waals surface area contributed by atoms with E-state index in [0.717, 1.165) is 57.8 Å². The van der Waals surface area contributed by atoms with Gasteiger partial charge in [-0.3, -0.25) is 18.9 Å². The van der Waals surface area contributed by atoms with Gasteiger partial charge in [0.25, 0.3) is 0 Å². The van der Waals surface area contributed by atoms with E-state index in [9.17, 15) is 34.3 Å². The smallest absolute Gasteiger partial charge is 0.462 e. The molecule has 13 heteroatoms. The number of carbonyl (C=O) groups is 3. The molecular formula is C41H67O12P. The summed E-state index contributed by atoms with van der Waals surface area (Å²) in [7, 11) is -4.86. The predicted octanol–water partition coefficient (Wildman–Crippen LogP) is 7.29. The van der Waals surface area contributed by atoms with Crippen molar-refractivity contribution in [2.45, 2.75) is 154 Å². The molecule has 0 bridgehead atoms. The Kier molecular flexibility index (Phi) is 27.9. The van der Waals surface area contributed by atoms with Gasteiger partial charge in [0.1, 0.15) is 12.4 Å². The number of ether oxygens (including phenoxy) is 2. The van der Waals surface area contributed by atoms with E-state index in [1.54, 1.807) is 12.2 Å². The van der Waals surface area contributed by atoms with Gasteiger partial charge in [-0.25, -0.2) is 4.57 Å². The van der Waals surface area contributed by atoms with E-state index in [1.807, 2.05) is 0 Å². The van der Waals surface area contributed by atoms with Crippen molar-refractivity contribution in [2.75, 3.05) is 13.2 Å². The van der Waals surface area contributed by atoms with Crippen molar-refractivity contribution in [1.82, 2.24) is 0 Å². The summed E-state index contributed by atoms with van der Waals surface area (Å²) in [4.78, 5) is 55.7. The van der Waals surface area contributed by atoms with Crippen LogP contribution in [-0.4, -0.2) is 80.5 Å². The van der Waals surface area contributed by atoms with Crippen LogP contribution in [0.15, 0.2) is 60.8 Å². The largest absolute Gasteiger partial charge is 0.469 e. The number of allylic oxidation sites excluding steroid dienone is 8. The van der Waals surface area contributed by atoms with Gasteiger partial charge in [-0.05, 0) is 64.2 Å². The maximum Gasteiger partial charge on any atom is 0.469 e. The lowest BCUT2D eigenvalue weighted by atomic mass is 9.87. The zero-order chi connectivity index (χ0) is 40.0. The summed E-state index contributed by atoms with van der Waals surface area (Å²) in [6.07, 6.45) is 27.3. The quantitative estimate of drug-likeness (QED) is 0.0204. The van der Waals surface area contributed by atoms with Crippen LogP contribution in [0.1, 0.15) is 129 Å². The van der Waals surface area contributed by atoms with E-state index in [2.05, 4.69) is 67.0 Å². The van der Waals surface area contributed by atoms with Crippen molar-refractivity contribution >= 4 is 25.5 Å². The Morgan fingerprint density at radius 2 is 1.37 bits per heavy atom. The molecule has 0 aromatic rings. The van der Waals surface area contributed by atoms with Crippen molar-refractivity contribution in [3.05, 3.63) is 60.8 Å². The van der Waals surface area contributed by atoms with Crippen LogP contribution >= 0.6 is 7.82 Å². The van der Waals surface area contributed by atoms with E-state index >= 15 is 0 Å². The third kappa shape index (κ3) is 26.2. The molecule has 0 saturated heterocycles. The highest BCUT2D eigenvalue weighted by molar-refractivity contribution is 7.46. The van der Waals surface area contributed by atoms with E-state index in [-0.39, 0.29) is 37.9 Å². The molecule has 0 radical (unpaired) electrons. The maximum absolute atomic E-state index is 12.7. The van der Waals surface area contributed by atoms with Gasteiger partial charge in [0, 0.05) is 43.9 Å². The Bertz CT molecular complexity index is 1240. The lowest BCUT2D eigenvalue weighted by Gasteiger charge is -2.20. The molecular weight excluding hydrogens is 715 g/mol. The number of esters is 2. The Morgan fingerprint density at radius 3 is 2.02 bits per heavy atom. The number of Topliss-reactive ketones (excluding diaryl/α,β-unsaturated/α-hetero) is 1. The first-order valence-electron chi connectivity index (χ1n) is 19.8. The van der Waals surface area contributed by atoms with Crippen molar-refractivity contribution in [2.24, 2.45) is 11.8 Å². The van der Waals surface area contributed by atoms with Gasteiger partial charge in [-0.15, -0.1) is 0 Å². The number of hydrogen-bond donors (Lipinski definition) is 5. The number of unbranched alkanes of at least 4 members (excludes halogenated alkanes) is 5. The lowest BCUT2D eigenvalue weighted by Crippen LogP contribution is -2.29. The fraction of sp³-hybridized carbons (Fsp3) is 0.683. The average Bonchev–Trinajstić information content (AvgIpc) is 3.38.